The number of esters is 1. The fourth-order valence-electron chi connectivity index (χ4n) is 1.78. The Labute approximate surface area is 132 Å². The molecule has 0 radical (unpaired) electrons. The maximum atomic E-state index is 12.0. The zero-order chi connectivity index (χ0) is 17.0. The molecule has 120 valence electrons. The molecule has 0 fully saturated rings. The summed E-state index contributed by atoms with van der Waals surface area (Å²) >= 11 is 0. The third-order valence-electron chi connectivity index (χ3n) is 3.13. The lowest BCUT2D eigenvalue weighted by atomic mass is 10.1. The van der Waals surface area contributed by atoms with Crippen LogP contribution in [0.4, 0.5) is 5.69 Å². The molecule has 0 saturated carbocycles. The second kappa shape index (κ2) is 6.82. The normalized spacial score (nSPS) is 11.6. The number of anilines is 1. The van der Waals surface area contributed by atoms with Gasteiger partial charge in [-0.2, -0.15) is 10.3 Å². The van der Waals surface area contributed by atoms with Crippen molar-refractivity contribution in [3.05, 3.63) is 41.2 Å². The van der Waals surface area contributed by atoms with Gasteiger partial charge in [-0.3, -0.25) is 9.59 Å². The molecule has 2 rings (SSSR count). The Bertz CT molecular complexity index is 736. The number of ketones is 1. The number of aromatic amines is 1. The minimum atomic E-state index is -1.01. The zero-order valence-electron chi connectivity index (χ0n) is 12.9. The third-order valence-corrected chi connectivity index (χ3v) is 3.13. The second-order valence-electron chi connectivity index (χ2n) is 4.93. The van der Waals surface area contributed by atoms with Crippen LogP contribution in [0.5, 0.6) is 0 Å². The minimum Gasteiger partial charge on any atom is -0.448 e. The molecule has 23 heavy (non-hydrogen) atoms. The number of nitrogens with one attached hydrogen (secondary N) is 2. The van der Waals surface area contributed by atoms with Crippen LogP contribution in [0.3, 0.4) is 0 Å². The summed E-state index contributed by atoms with van der Waals surface area (Å²) < 4.78 is 5.04. The van der Waals surface area contributed by atoms with Crippen LogP contribution < -0.4 is 5.32 Å². The number of carbonyl (C=O) groups excluding carboxylic acids is 3. The Kier molecular flexibility index (Phi) is 4.85. The minimum absolute atomic E-state index is 0.0375. The highest BCUT2D eigenvalue weighted by atomic mass is 16.5. The predicted octanol–water partition coefficient (Wildman–Crippen LogP) is 1.50. The van der Waals surface area contributed by atoms with Crippen LogP contribution in [0.15, 0.2) is 24.3 Å². The Morgan fingerprint density at radius 3 is 2.35 bits per heavy atom. The summed E-state index contributed by atoms with van der Waals surface area (Å²) in [5.74, 6) is -1.28. The van der Waals surface area contributed by atoms with Crippen LogP contribution in [-0.4, -0.2) is 39.2 Å². The smallest absolute Gasteiger partial charge is 0.361 e. The van der Waals surface area contributed by atoms with Crippen LogP contribution in [0.25, 0.3) is 0 Å². The fourth-order valence-corrected chi connectivity index (χ4v) is 1.78. The van der Waals surface area contributed by atoms with Gasteiger partial charge in [0.15, 0.2) is 17.6 Å². The first kappa shape index (κ1) is 16.3. The van der Waals surface area contributed by atoms with E-state index in [1.54, 1.807) is 31.2 Å². The largest absolute Gasteiger partial charge is 0.448 e. The molecular formula is C15H16N4O4. The van der Waals surface area contributed by atoms with Gasteiger partial charge in [0.1, 0.15) is 0 Å². The van der Waals surface area contributed by atoms with Gasteiger partial charge in [-0.25, -0.2) is 4.79 Å². The first-order valence-electron chi connectivity index (χ1n) is 6.88. The van der Waals surface area contributed by atoms with E-state index in [9.17, 15) is 14.4 Å². The summed E-state index contributed by atoms with van der Waals surface area (Å²) in [6.45, 7) is 4.51. The van der Waals surface area contributed by atoms with Crippen molar-refractivity contribution < 1.29 is 19.1 Å². The average molecular weight is 316 g/mol. The first-order valence-corrected chi connectivity index (χ1v) is 6.88. The number of ether oxygens (including phenoxy) is 1. The zero-order valence-corrected chi connectivity index (χ0v) is 12.9. The molecule has 0 aliphatic rings. The molecule has 2 N–H and O–H groups in total. The van der Waals surface area contributed by atoms with E-state index < -0.39 is 18.0 Å². The number of benzene rings is 1. The van der Waals surface area contributed by atoms with Crippen LogP contribution in [0.2, 0.25) is 0 Å². The van der Waals surface area contributed by atoms with E-state index in [1.165, 1.54) is 13.8 Å². The molecule has 0 aliphatic heterocycles. The van der Waals surface area contributed by atoms with Gasteiger partial charge in [0, 0.05) is 11.3 Å². The molecule has 2 aromatic rings. The SMILES string of the molecule is CC(=O)c1ccc(NC(=O)[C@@H](C)OC(=O)c2n[nH]nc2C)cc1. The highest BCUT2D eigenvalue weighted by Gasteiger charge is 2.22. The maximum absolute atomic E-state index is 12.0. The van der Waals surface area contributed by atoms with Crippen molar-refractivity contribution in [2.24, 2.45) is 0 Å². The lowest BCUT2D eigenvalue weighted by molar-refractivity contribution is -0.123. The molecule has 1 heterocycles. The summed E-state index contributed by atoms with van der Waals surface area (Å²) in [7, 11) is 0. The molecule has 0 saturated heterocycles. The maximum Gasteiger partial charge on any atom is 0.361 e. The Morgan fingerprint density at radius 1 is 1.17 bits per heavy atom. The highest BCUT2D eigenvalue weighted by Crippen LogP contribution is 2.11. The van der Waals surface area contributed by atoms with E-state index in [0.29, 0.717) is 16.9 Å². The molecule has 8 heteroatoms. The molecule has 0 spiro atoms. The van der Waals surface area contributed by atoms with Gasteiger partial charge in [0.05, 0.1) is 5.69 Å². The van der Waals surface area contributed by atoms with Gasteiger partial charge in [-0.15, -0.1) is 5.10 Å². The second-order valence-corrected chi connectivity index (χ2v) is 4.93. The Hall–Kier alpha value is -3.03. The van der Waals surface area contributed by atoms with E-state index >= 15 is 0 Å². The number of rotatable bonds is 5. The molecule has 8 nitrogen and oxygen atoms in total. The van der Waals surface area contributed by atoms with Crippen molar-refractivity contribution in [1.82, 2.24) is 15.4 Å². The predicted molar refractivity (Wildman–Crippen MR) is 81.1 cm³/mol. The number of aromatic nitrogens is 3. The molecule has 0 bridgehead atoms. The molecule has 0 aliphatic carbocycles. The van der Waals surface area contributed by atoms with Crippen molar-refractivity contribution in [2.45, 2.75) is 26.9 Å². The van der Waals surface area contributed by atoms with E-state index in [2.05, 4.69) is 20.7 Å². The van der Waals surface area contributed by atoms with Crippen molar-refractivity contribution >= 4 is 23.3 Å². The van der Waals surface area contributed by atoms with Gasteiger partial charge >= 0.3 is 5.97 Å². The number of nitrogens with zero attached hydrogens (tertiary/aromatic N) is 2. The van der Waals surface area contributed by atoms with E-state index in [-0.39, 0.29) is 11.5 Å². The molecule has 1 aromatic carbocycles. The molecule has 1 amide bonds. The summed E-state index contributed by atoms with van der Waals surface area (Å²) in [5.41, 5.74) is 1.47. The number of carbonyl (C=O) groups is 3. The Morgan fingerprint density at radius 2 is 1.83 bits per heavy atom. The quantitative estimate of drug-likeness (QED) is 0.638. The summed E-state index contributed by atoms with van der Waals surface area (Å²) in [4.78, 5) is 35.1. The first-order chi connectivity index (χ1) is 10.9. The van der Waals surface area contributed by atoms with Crippen molar-refractivity contribution in [3.63, 3.8) is 0 Å². The topological polar surface area (TPSA) is 114 Å². The van der Waals surface area contributed by atoms with Gasteiger partial charge in [-0.1, -0.05) is 0 Å². The molecule has 1 atom stereocenters. The number of hydrogen-bond acceptors (Lipinski definition) is 6. The number of Topliss-reactive ketones (excluding diaryl/α,β-unsaturated/α-hetero) is 1. The van der Waals surface area contributed by atoms with Gasteiger partial charge < -0.3 is 10.1 Å². The van der Waals surface area contributed by atoms with Crippen LogP contribution >= 0.6 is 0 Å². The van der Waals surface area contributed by atoms with Gasteiger partial charge in [0.2, 0.25) is 0 Å². The highest BCUT2D eigenvalue weighted by molar-refractivity contribution is 5.98. The number of H-pyrrole nitrogens is 1. The van der Waals surface area contributed by atoms with Crippen LogP contribution in [0, 0.1) is 6.92 Å². The lowest BCUT2D eigenvalue weighted by Gasteiger charge is -2.13. The van der Waals surface area contributed by atoms with Gasteiger partial charge in [0.25, 0.3) is 5.91 Å². The Balaban J connectivity index is 1.96. The third kappa shape index (κ3) is 4.00. The monoisotopic (exact) mass is 316 g/mol. The van der Waals surface area contributed by atoms with Crippen molar-refractivity contribution in [3.8, 4) is 0 Å². The average Bonchev–Trinajstić information content (AvgIpc) is 2.93. The summed E-state index contributed by atoms with van der Waals surface area (Å²) in [5, 5.41) is 12.3. The van der Waals surface area contributed by atoms with E-state index in [0.717, 1.165) is 0 Å². The molecule has 0 unspecified atom stereocenters. The van der Waals surface area contributed by atoms with Crippen LogP contribution in [-0.2, 0) is 9.53 Å². The van der Waals surface area contributed by atoms with E-state index in [1.807, 2.05) is 0 Å². The fraction of sp³-hybridized carbons (Fsp3) is 0.267. The number of hydrogen-bond donors (Lipinski definition) is 2. The number of amides is 1. The summed E-state index contributed by atoms with van der Waals surface area (Å²) in [6, 6.07) is 6.41. The van der Waals surface area contributed by atoms with Crippen molar-refractivity contribution in [2.75, 3.05) is 5.32 Å². The van der Waals surface area contributed by atoms with Crippen molar-refractivity contribution in [1.29, 1.82) is 0 Å². The number of aryl methyl sites for hydroxylation is 1. The molecule has 1 aromatic heterocycles. The lowest BCUT2D eigenvalue weighted by Crippen LogP contribution is -2.30. The molecular weight excluding hydrogens is 300 g/mol. The van der Waals surface area contributed by atoms with Gasteiger partial charge in [-0.05, 0) is 45.0 Å². The van der Waals surface area contributed by atoms with Crippen LogP contribution in [0.1, 0.15) is 40.4 Å². The van der Waals surface area contributed by atoms with E-state index in [4.69, 9.17) is 4.74 Å². The standard InChI is InChI=1S/C15H16N4O4/c1-8-13(18-19-17-8)15(22)23-10(3)14(21)16-12-6-4-11(5-7-12)9(2)20/h4-7,10H,1-3H3,(H,16,21)(H,17,18,19)/t10-/m1/s1. The summed E-state index contributed by atoms with van der Waals surface area (Å²) in [6.07, 6.45) is -1.01.